The van der Waals surface area contributed by atoms with Gasteiger partial charge in [-0.3, -0.25) is 0 Å². The minimum absolute atomic E-state index is 0.00595. The maximum atomic E-state index is 12.8. The van der Waals surface area contributed by atoms with E-state index in [9.17, 15) is 26.7 Å². The van der Waals surface area contributed by atoms with Crippen molar-refractivity contribution in [3.63, 3.8) is 0 Å². The Morgan fingerprint density at radius 3 is 2.04 bits per heavy atom. The molecule has 0 spiro atoms. The lowest BCUT2D eigenvalue weighted by atomic mass is 10.0. The highest BCUT2D eigenvalue weighted by Gasteiger charge is 2.30. The van der Waals surface area contributed by atoms with Crippen LogP contribution in [0.4, 0.5) is 26.7 Å². The molecule has 0 aromatic heterocycles. The van der Waals surface area contributed by atoms with E-state index in [2.05, 4.69) is 15.4 Å². The molecule has 0 aliphatic heterocycles. The Kier molecular flexibility index (Phi) is 6.82. The molecule has 152 valence electrons. The monoisotopic (exact) mass is 402 g/mol. The Hall–Kier alpha value is -2.84. The van der Waals surface area contributed by atoms with Crippen molar-refractivity contribution >= 4 is 6.03 Å². The van der Waals surface area contributed by atoms with Crippen LogP contribution < -0.4 is 15.4 Å². The molecule has 0 saturated carbocycles. The number of alkyl halides is 5. The second kappa shape index (κ2) is 8.90. The van der Waals surface area contributed by atoms with Gasteiger partial charge in [0.1, 0.15) is 5.75 Å². The zero-order valence-corrected chi connectivity index (χ0v) is 15.1. The van der Waals surface area contributed by atoms with Crippen LogP contribution in [0.3, 0.4) is 0 Å². The van der Waals surface area contributed by atoms with Crippen LogP contribution in [0.25, 0.3) is 0 Å². The maximum absolute atomic E-state index is 12.8. The summed E-state index contributed by atoms with van der Waals surface area (Å²) in [6, 6.07) is 8.76. The van der Waals surface area contributed by atoms with Crippen LogP contribution in [0, 0.1) is 0 Å². The average molecular weight is 402 g/mol. The molecule has 2 unspecified atom stereocenters. The lowest BCUT2D eigenvalue weighted by Gasteiger charge is -2.19. The number of urea groups is 1. The fourth-order valence-electron chi connectivity index (χ4n) is 2.52. The van der Waals surface area contributed by atoms with E-state index in [-0.39, 0.29) is 5.75 Å². The van der Waals surface area contributed by atoms with Crippen molar-refractivity contribution < 1.29 is 31.5 Å². The number of halogens is 5. The first-order valence-corrected chi connectivity index (χ1v) is 8.35. The molecule has 0 radical (unpaired) electrons. The predicted octanol–water partition coefficient (Wildman–Crippen LogP) is 5.43. The highest BCUT2D eigenvalue weighted by Crippen LogP contribution is 2.30. The van der Waals surface area contributed by atoms with Crippen LogP contribution in [0.5, 0.6) is 5.75 Å². The molecule has 0 aliphatic carbocycles. The molecule has 0 heterocycles. The second-order valence-corrected chi connectivity index (χ2v) is 6.13. The largest absolute Gasteiger partial charge is 0.435 e. The summed E-state index contributed by atoms with van der Waals surface area (Å²) in [5, 5.41) is 5.21. The molecule has 2 aromatic rings. The summed E-state index contributed by atoms with van der Waals surface area (Å²) in [6.45, 7) is 0.317. The third kappa shape index (κ3) is 6.11. The van der Waals surface area contributed by atoms with Gasteiger partial charge in [0.2, 0.25) is 0 Å². The van der Waals surface area contributed by atoms with Gasteiger partial charge in [-0.15, -0.1) is 0 Å². The molecule has 2 rings (SSSR count). The summed E-state index contributed by atoms with van der Waals surface area (Å²) < 4.78 is 67.0. The van der Waals surface area contributed by atoms with Crippen molar-refractivity contribution in [3.05, 3.63) is 65.2 Å². The van der Waals surface area contributed by atoms with Gasteiger partial charge in [0.15, 0.2) is 0 Å². The van der Waals surface area contributed by atoms with Gasteiger partial charge in [0.05, 0.1) is 17.6 Å². The molecule has 0 fully saturated rings. The van der Waals surface area contributed by atoms with Crippen molar-refractivity contribution in [1.29, 1.82) is 0 Å². The Bertz CT molecular complexity index is 794. The molecule has 0 bridgehead atoms. The van der Waals surface area contributed by atoms with Crippen molar-refractivity contribution in [3.8, 4) is 5.75 Å². The SMILES string of the molecule is CC(NC(=O)NC(C)c1cccc(C(F)(F)F)c1)c1ccc(OC(F)F)cc1. The first-order valence-electron chi connectivity index (χ1n) is 8.35. The van der Waals surface area contributed by atoms with Crippen molar-refractivity contribution in [2.45, 2.75) is 38.7 Å². The maximum Gasteiger partial charge on any atom is 0.416 e. The van der Waals surface area contributed by atoms with Gasteiger partial charge < -0.3 is 15.4 Å². The summed E-state index contributed by atoms with van der Waals surface area (Å²) in [6.07, 6.45) is -4.47. The predicted molar refractivity (Wildman–Crippen MR) is 93.0 cm³/mol. The number of benzene rings is 2. The highest BCUT2D eigenvalue weighted by atomic mass is 19.4. The lowest BCUT2D eigenvalue weighted by molar-refractivity contribution is -0.137. The summed E-state index contributed by atoms with van der Waals surface area (Å²) in [5.41, 5.74) is 0.160. The van der Waals surface area contributed by atoms with Crippen LogP contribution in [-0.2, 0) is 6.18 Å². The fraction of sp³-hybridized carbons (Fsp3) is 0.316. The molecule has 2 atom stereocenters. The first-order chi connectivity index (χ1) is 13.1. The van der Waals surface area contributed by atoms with E-state index in [1.54, 1.807) is 13.8 Å². The van der Waals surface area contributed by atoms with E-state index in [1.807, 2.05) is 0 Å². The van der Waals surface area contributed by atoms with E-state index in [1.165, 1.54) is 36.4 Å². The molecule has 2 aromatic carbocycles. The standard InChI is InChI=1S/C19H19F5N2O2/c1-11(13-6-8-16(9-7-13)28-17(20)21)25-18(27)26-12(2)14-4-3-5-15(10-14)19(22,23)24/h3-12,17H,1-2H3,(H2,25,26,27). The van der Waals surface area contributed by atoms with Gasteiger partial charge in [-0.2, -0.15) is 22.0 Å². The molecule has 28 heavy (non-hydrogen) atoms. The van der Waals surface area contributed by atoms with E-state index in [0.29, 0.717) is 11.1 Å². The van der Waals surface area contributed by atoms with Crippen LogP contribution in [0.2, 0.25) is 0 Å². The number of carbonyl (C=O) groups excluding carboxylic acids is 1. The van der Waals surface area contributed by atoms with Crippen molar-refractivity contribution in [1.82, 2.24) is 10.6 Å². The van der Waals surface area contributed by atoms with Crippen LogP contribution >= 0.6 is 0 Å². The number of hydrogen-bond donors (Lipinski definition) is 2. The number of rotatable bonds is 6. The van der Waals surface area contributed by atoms with Crippen molar-refractivity contribution in [2.75, 3.05) is 0 Å². The van der Waals surface area contributed by atoms with Gasteiger partial charge in [-0.05, 0) is 49.2 Å². The minimum Gasteiger partial charge on any atom is -0.435 e. The third-order valence-electron chi connectivity index (χ3n) is 4.01. The Balaban J connectivity index is 1.95. The molecule has 0 aliphatic rings. The number of amides is 2. The molecular weight excluding hydrogens is 383 g/mol. The van der Waals surface area contributed by atoms with E-state index < -0.39 is 36.5 Å². The Morgan fingerprint density at radius 2 is 1.50 bits per heavy atom. The third-order valence-corrected chi connectivity index (χ3v) is 4.01. The topological polar surface area (TPSA) is 50.4 Å². The lowest BCUT2D eigenvalue weighted by Crippen LogP contribution is -2.38. The van der Waals surface area contributed by atoms with Crippen LogP contribution in [0.1, 0.15) is 42.6 Å². The Morgan fingerprint density at radius 1 is 0.929 bits per heavy atom. The Labute approximate surface area is 158 Å². The van der Waals surface area contributed by atoms with E-state index in [0.717, 1.165) is 12.1 Å². The number of ether oxygens (including phenoxy) is 1. The zero-order chi connectivity index (χ0) is 20.9. The van der Waals surface area contributed by atoms with E-state index >= 15 is 0 Å². The number of carbonyl (C=O) groups is 1. The molecule has 4 nitrogen and oxygen atoms in total. The summed E-state index contributed by atoms with van der Waals surface area (Å²) in [5.74, 6) is -0.00595. The van der Waals surface area contributed by atoms with Crippen molar-refractivity contribution in [2.24, 2.45) is 0 Å². The molecule has 2 amide bonds. The minimum atomic E-state index is -4.47. The first kappa shape index (κ1) is 21.5. The van der Waals surface area contributed by atoms with Crippen LogP contribution in [-0.4, -0.2) is 12.6 Å². The summed E-state index contributed by atoms with van der Waals surface area (Å²) >= 11 is 0. The van der Waals surface area contributed by atoms with Gasteiger partial charge in [-0.1, -0.05) is 24.3 Å². The summed E-state index contributed by atoms with van der Waals surface area (Å²) in [7, 11) is 0. The van der Waals surface area contributed by atoms with Gasteiger partial charge in [-0.25, -0.2) is 4.79 Å². The molecular formula is C19H19F5N2O2. The van der Waals surface area contributed by atoms with Gasteiger partial charge in [0, 0.05) is 0 Å². The zero-order valence-electron chi connectivity index (χ0n) is 15.1. The highest BCUT2D eigenvalue weighted by molar-refractivity contribution is 5.75. The number of nitrogens with one attached hydrogen (secondary N) is 2. The normalized spacial score (nSPS) is 13.7. The number of hydrogen-bond acceptors (Lipinski definition) is 2. The smallest absolute Gasteiger partial charge is 0.416 e. The fourth-order valence-corrected chi connectivity index (χ4v) is 2.52. The van der Waals surface area contributed by atoms with E-state index in [4.69, 9.17) is 0 Å². The van der Waals surface area contributed by atoms with Crippen LogP contribution in [0.15, 0.2) is 48.5 Å². The van der Waals surface area contributed by atoms with Gasteiger partial charge in [0.25, 0.3) is 0 Å². The molecule has 2 N–H and O–H groups in total. The van der Waals surface area contributed by atoms with Gasteiger partial charge >= 0.3 is 18.8 Å². The average Bonchev–Trinajstić information content (AvgIpc) is 2.61. The summed E-state index contributed by atoms with van der Waals surface area (Å²) in [4.78, 5) is 12.1. The quantitative estimate of drug-likeness (QED) is 0.633. The second-order valence-electron chi connectivity index (χ2n) is 6.13. The molecule has 0 saturated heterocycles. The molecule has 9 heteroatoms.